The van der Waals surface area contributed by atoms with E-state index >= 15 is 0 Å². The van der Waals surface area contributed by atoms with Crippen molar-refractivity contribution in [2.75, 3.05) is 20.1 Å². The molecule has 0 aromatic carbocycles. The lowest BCUT2D eigenvalue weighted by molar-refractivity contribution is -0.484. The third-order valence-electron chi connectivity index (χ3n) is 4.93. The molecule has 1 atom stereocenters. The topological polar surface area (TPSA) is 15.0 Å². The Bertz CT molecular complexity index is 583. The lowest BCUT2D eigenvalue weighted by Gasteiger charge is -2.16. The minimum absolute atomic E-state index is 0.598. The van der Waals surface area contributed by atoms with Crippen LogP contribution in [0.2, 0.25) is 0 Å². The van der Waals surface area contributed by atoms with E-state index in [1.54, 1.807) is 15.3 Å². The molecule has 1 aromatic rings. The second-order valence-electron chi connectivity index (χ2n) is 6.73. The maximum atomic E-state index is 4.40. The van der Waals surface area contributed by atoms with Gasteiger partial charge in [-0.2, -0.15) is 0 Å². The predicted octanol–water partition coefficient (Wildman–Crippen LogP) is 4.19. The van der Waals surface area contributed by atoms with Gasteiger partial charge in [0.15, 0.2) is 0 Å². The number of rotatable bonds is 6. The number of aryl methyl sites for hydroxylation is 1. The molecule has 1 aliphatic heterocycles. The molecular formula is C19H29N2S+. The average Bonchev–Trinajstić information content (AvgIpc) is 3.10. The first-order valence-corrected chi connectivity index (χ1v) is 9.65. The fourth-order valence-electron chi connectivity index (χ4n) is 3.68. The molecule has 0 saturated carbocycles. The van der Waals surface area contributed by atoms with E-state index in [0.29, 0.717) is 5.92 Å². The van der Waals surface area contributed by atoms with Crippen LogP contribution in [-0.2, 0) is 12.8 Å². The van der Waals surface area contributed by atoms with Crippen LogP contribution in [0.1, 0.15) is 65.8 Å². The number of nitrogens with zero attached hydrogens (tertiary/aromatic N) is 1. The Kier molecular flexibility index (Phi) is 5.02. The molecule has 0 fully saturated rings. The van der Waals surface area contributed by atoms with Crippen molar-refractivity contribution in [2.45, 2.75) is 57.8 Å². The van der Waals surface area contributed by atoms with E-state index in [2.05, 4.69) is 48.0 Å². The Hall–Kier alpha value is -1.09. The van der Waals surface area contributed by atoms with Crippen LogP contribution in [0.5, 0.6) is 0 Å². The molecule has 0 radical (unpaired) electrons. The largest absolute Gasteiger partial charge is 0.385 e. The second-order valence-corrected chi connectivity index (χ2v) is 7.87. The van der Waals surface area contributed by atoms with Crippen LogP contribution in [0.4, 0.5) is 0 Å². The van der Waals surface area contributed by atoms with Crippen LogP contribution in [0, 0.1) is 0 Å². The number of nitrogens with one attached hydrogen (secondary N) is 1. The fourth-order valence-corrected chi connectivity index (χ4v) is 5.20. The summed E-state index contributed by atoms with van der Waals surface area (Å²) >= 11 is 2.07. The molecule has 0 bridgehead atoms. The molecule has 1 unspecified atom stereocenters. The molecule has 0 saturated heterocycles. The first kappa shape index (κ1) is 15.8. The zero-order chi connectivity index (χ0) is 15.5. The van der Waals surface area contributed by atoms with Crippen LogP contribution in [-0.4, -0.2) is 30.9 Å². The highest BCUT2D eigenvalue weighted by atomic mass is 32.1. The van der Waals surface area contributed by atoms with E-state index in [1.807, 2.05) is 0 Å². The molecule has 0 spiro atoms. The van der Waals surface area contributed by atoms with Gasteiger partial charge in [-0.1, -0.05) is 19.9 Å². The molecule has 120 valence electrons. The summed E-state index contributed by atoms with van der Waals surface area (Å²) in [5, 5.41) is 3.60. The summed E-state index contributed by atoms with van der Waals surface area (Å²) in [5.41, 5.74) is 4.27. The Balaban J connectivity index is 1.91. The van der Waals surface area contributed by atoms with E-state index in [0.717, 1.165) is 6.54 Å². The smallest absolute Gasteiger partial charge is 0.148 e. The monoisotopic (exact) mass is 317 g/mol. The average molecular weight is 318 g/mol. The van der Waals surface area contributed by atoms with Crippen LogP contribution >= 0.6 is 11.3 Å². The van der Waals surface area contributed by atoms with Gasteiger partial charge >= 0.3 is 0 Å². The SMILES string of the molecule is C=C(NCCCC)c1c(C2C=[N+](C)CC2)sc2c1CCCC2. The van der Waals surface area contributed by atoms with E-state index in [1.165, 1.54) is 62.8 Å². The molecule has 1 aliphatic carbocycles. The van der Waals surface area contributed by atoms with Gasteiger partial charge in [0.1, 0.15) is 19.8 Å². The molecule has 1 aromatic heterocycles. The molecule has 2 heterocycles. The number of thiophene rings is 1. The minimum atomic E-state index is 0.598. The Morgan fingerprint density at radius 2 is 2.23 bits per heavy atom. The zero-order valence-corrected chi connectivity index (χ0v) is 14.9. The van der Waals surface area contributed by atoms with E-state index < -0.39 is 0 Å². The van der Waals surface area contributed by atoms with E-state index in [9.17, 15) is 0 Å². The molecule has 3 heteroatoms. The molecule has 0 amide bonds. The Morgan fingerprint density at radius 3 is 2.95 bits per heavy atom. The summed E-state index contributed by atoms with van der Waals surface area (Å²) in [6.45, 7) is 8.87. The molecule has 2 nitrogen and oxygen atoms in total. The minimum Gasteiger partial charge on any atom is -0.385 e. The van der Waals surface area contributed by atoms with Crippen LogP contribution < -0.4 is 5.32 Å². The fraction of sp³-hybridized carbons (Fsp3) is 0.632. The van der Waals surface area contributed by atoms with Crippen molar-refractivity contribution in [1.82, 2.24) is 5.32 Å². The van der Waals surface area contributed by atoms with E-state index in [-0.39, 0.29) is 0 Å². The van der Waals surface area contributed by atoms with Gasteiger partial charge in [0, 0.05) is 34.0 Å². The van der Waals surface area contributed by atoms with Gasteiger partial charge in [0.25, 0.3) is 0 Å². The van der Waals surface area contributed by atoms with Crippen molar-refractivity contribution in [3.63, 3.8) is 0 Å². The van der Waals surface area contributed by atoms with Crippen molar-refractivity contribution < 1.29 is 4.58 Å². The third-order valence-corrected chi connectivity index (χ3v) is 6.36. The molecule has 3 rings (SSSR count). The third kappa shape index (κ3) is 3.15. The molecule has 22 heavy (non-hydrogen) atoms. The number of unbranched alkanes of at least 4 members (excludes halogenated alkanes) is 1. The van der Waals surface area contributed by atoms with Gasteiger partial charge in [-0.3, -0.25) is 0 Å². The Labute approximate surface area is 138 Å². The Morgan fingerprint density at radius 1 is 1.41 bits per heavy atom. The summed E-state index contributed by atoms with van der Waals surface area (Å²) in [7, 11) is 2.20. The molecule has 2 aliphatic rings. The highest BCUT2D eigenvalue weighted by Crippen LogP contribution is 2.42. The van der Waals surface area contributed by atoms with Gasteiger partial charge in [-0.05, 0) is 37.7 Å². The highest BCUT2D eigenvalue weighted by Gasteiger charge is 2.30. The van der Waals surface area contributed by atoms with Gasteiger partial charge < -0.3 is 5.32 Å². The van der Waals surface area contributed by atoms with Crippen molar-refractivity contribution in [3.8, 4) is 0 Å². The summed E-state index contributed by atoms with van der Waals surface area (Å²) in [4.78, 5) is 3.21. The molecule has 1 N–H and O–H groups in total. The maximum absolute atomic E-state index is 4.40. The van der Waals surface area contributed by atoms with Crippen molar-refractivity contribution in [1.29, 1.82) is 0 Å². The van der Waals surface area contributed by atoms with Gasteiger partial charge in [0.05, 0.1) is 5.92 Å². The number of fused-ring (bicyclic) bond motifs is 1. The van der Waals surface area contributed by atoms with Crippen molar-refractivity contribution in [2.24, 2.45) is 0 Å². The van der Waals surface area contributed by atoms with Crippen LogP contribution in [0.3, 0.4) is 0 Å². The number of hydrogen-bond donors (Lipinski definition) is 1. The zero-order valence-electron chi connectivity index (χ0n) is 14.1. The molecular weight excluding hydrogens is 288 g/mol. The lowest BCUT2D eigenvalue weighted by atomic mass is 9.91. The second kappa shape index (κ2) is 6.99. The maximum Gasteiger partial charge on any atom is 0.148 e. The van der Waals surface area contributed by atoms with Crippen molar-refractivity contribution in [3.05, 3.63) is 27.5 Å². The first-order chi connectivity index (χ1) is 10.7. The van der Waals surface area contributed by atoms with Gasteiger partial charge in [0.2, 0.25) is 0 Å². The van der Waals surface area contributed by atoms with Crippen molar-refractivity contribution >= 4 is 23.2 Å². The van der Waals surface area contributed by atoms with Crippen LogP contribution in [0.15, 0.2) is 6.58 Å². The number of hydrogen-bond acceptors (Lipinski definition) is 2. The van der Waals surface area contributed by atoms with Gasteiger partial charge in [-0.25, -0.2) is 4.58 Å². The van der Waals surface area contributed by atoms with Crippen LogP contribution in [0.25, 0.3) is 5.70 Å². The summed E-state index contributed by atoms with van der Waals surface area (Å²) in [6, 6.07) is 0. The summed E-state index contributed by atoms with van der Waals surface area (Å²) in [6.07, 6.45) is 11.3. The quantitative estimate of drug-likeness (QED) is 0.614. The standard InChI is InChI=1S/C19H29N2S/c1-4-5-11-20-14(2)18-16-8-6-7-9-17(16)22-19(18)15-10-12-21(3)13-15/h13,15,20H,2,4-12H2,1,3H3/q+1. The normalized spacial score (nSPS) is 20.6. The predicted molar refractivity (Wildman–Crippen MR) is 97.4 cm³/mol. The summed E-state index contributed by atoms with van der Waals surface area (Å²) < 4.78 is 2.35. The van der Waals surface area contributed by atoms with E-state index in [4.69, 9.17) is 0 Å². The summed E-state index contributed by atoms with van der Waals surface area (Å²) in [5.74, 6) is 0.598. The lowest BCUT2D eigenvalue weighted by Crippen LogP contribution is -2.15. The van der Waals surface area contributed by atoms with Gasteiger partial charge in [-0.15, -0.1) is 11.3 Å². The highest BCUT2D eigenvalue weighted by molar-refractivity contribution is 7.12. The first-order valence-electron chi connectivity index (χ1n) is 8.83.